The molecule has 0 saturated carbocycles. The van der Waals surface area contributed by atoms with E-state index >= 15 is 0 Å². The van der Waals surface area contributed by atoms with Crippen molar-refractivity contribution in [3.8, 4) is 0 Å². The quantitative estimate of drug-likeness (QED) is 0.775. The van der Waals surface area contributed by atoms with Gasteiger partial charge in [0.25, 0.3) is 0 Å². The van der Waals surface area contributed by atoms with Crippen LogP contribution in [0.1, 0.15) is 34.3 Å². The summed E-state index contributed by atoms with van der Waals surface area (Å²) in [6, 6.07) is 4.70. The maximum Gasteiger partial charge on any atom is 0.180 e. The third-order valence-electron chi connectivity index (χ3n) is 2.66. The summed E-state index contributed by atoms with van der Waals surface area (Å²) in [4.78, 5) is 12.7. The molecule has 1 aromatic heterocycles. The zero-order chi connectivity index (χ0) is 13.8. The molecule has 0 spiro atoms. The molecular weight excluding hydrogens is 331 g/mol. The van der Waals surface area contributed by atoms with Gasteiger partial charge in [-0.15, -0.1) is 5.10 Å². The summed E-state index contributed by atoms with van der Waals surface area (Å²) in [5.41, 5.74) is 1.11. The van der Waals surface area contributed by atoms with Crippen molar-refractivity contribution < 1.29 is 9.18 Å². The molecule has 0 aliphatic heterocycles. The van der Waals surface area contributed by atoms with Crippen LogP contribution in [0.2, 0.25) is 0 Å². The van der Waals surface area contributed by atoms with E-state index in [-0.39, 0.29) is 18.0 Å². The van der Waals surface area contributed by atoms with Crippen molar-refractivity contribution in [3.63, 3.8) is 0 Å². The molecule has 0 radical (unpaired) electrons. The highest BCUT2D eigenvalue weighted by molar-refractivity contribution is 9.10. The lowest BCUT2D eigenvalue weighted by Gasteiger charge is -2.03. The molecule has 0 unspecified atom stereocenters. The monoisotopic (exact) mass is 342 g/mol. The van der Waals surface area contributed by atoms with E-state index in [1.807, 2.05) is 6.92 Å². The Morgan fingerprint density at radius 3 is 2.95 bits per heavy atom. The Kier molecular flexibility index (Phi) is 4.76. The number of Topliss-reactive ketones (excluding diaryl/α,β-unsaturated/α-hetero) is 1. The molecule has 0 fully saturated rings. The van der Waals surface area contributed by atoms with Gasteiger partial charge >= 0.3 is 0 Å². The topological polar surface area (TPSA) is 42.9 Å². The summed E-state index contributed by atoms with van der Waals surface area (Å²) in [6.45, 7) is 2.02. The zero-order valence-electron chi connectivity index (χ0n) is 10.3. The highest BCUT2D eigenvalue weighted by Crippen LogP contribution is 2.19. The number of hydrogen-bond acceptors (Lipinski definition) is 4. The minimum absolute atomic E-state index is 0.0414. The van der Waals surface area contributed by atoms with Crippen molar-refractivity contribution in [1.82, 2.24) is 9.59 Å². The smallest absolute Gasteiger partial charge is 0.180 e. The van der Waals surface area contributed by atoms with Crippen molar-refractivity contribution in [2.75, 3.05) is 0 Å². The van der Waals surface area contributed by atoms with Crippen molar-refractivity contribution in [2.24, 2.45) is 0 Å². The lowest BCUT2D eigenvalue weighted by Crippen LogP contribution is -2.06. The summed E-state index contributed by atoms with van der Waals surface area (Å²) in [7, 11) is 0. The van der Waals surface area contributed by atoms with Crippen LogP contribution in [0.5, 0.6) is 0 Å². The molecule has 3 nitrogen and oxygen atoms in total. The van der Waals surface area contributed by atoms with Gasteiger partial charge in [-0.05, 0) is 35.6 Å². The molecule has 0 amide bonds. The first-order chi connectivity index (χ1) is 9.11. The fraction of sp³-hybridized carbons (Fsp3) is 0.308. The van der Waals surface area contributed by atoms with Crippen molar-refractivity contribution in [2.45, 2.75) is 26.2 Å². The van der Waals surface area contributed by atoms with Gasteiger partial charge < -0.3 is 0 Å². The molecule has 0 bridgehead atoms. The fourth-order valence-corrected chi connectivity index (χ4v) is 2.72. The molecule has 2 aromatic rings. The molecule has 0 atom stereocenters. The molecule has 100 valence electrons. The second kappa shape index (κ2) is 6.34. The number of aryl methyl sites for hydroxylation is 1. The second-order valence-electron chi connectivity index (χ2n) is 4.13. The van der Waals surface area contributed by atoms with Gasteiger partial charge in [0.1, 0.15) is 10.7 Å². The molecule has 0 saturated heterocycles. The highest BCUT2D eigenvalue weighted by Gasteiger charge is 2.17. The van der Waals surface area contributed by atoms with E-state index in [0.29, 0.717) is 14.9 Å². The van der Waals surface area contributed by atoms with Crippen molar-refractivity contribution in [3.05, 3.63) is 44.6 Å². The van der Waals surface area contributed by atoms with Gasteiger partial charge in [0.05, 0.1) is 5.69 Å². The number of nitrogens with zero attached hydrogens (tertiary/aromatic N) is 2. The van der Waals surface area contributed by atoms with Crippen LogP contribution in [-0.4, -0.2) is 15.4 Å². The summed E-state index contributed by atoms with van der Waals surface area (Å²) >= 11 is 4.27. The highest BCUT2D eigenvalue weighted by atomic mass is 79.9. The maximum absolute atomic E-state index is 13.7. The largest absolute Gasteiger partial charge is 0.293 e. The molecule has 6 heteroatoms. The van der Waals surface area contributed by atoms with Crippen LogP contribution in [0.3, 0.4) is 0 Å². The Morgan fingerprint density at radius 1 is 1.47 bits per heavy atom. The predicted molar refractivity (Wildman–Crippen MR) is 76.0 cm³/mol. The molecule has 0 aliphatic carbocycles. The van der Waals surface area contributed by atoms with Crippen LogP contribution in [0.15, 0.2) is 22.7 Å². The van der Waals surface area contributed by atoms with Crippen LogP contribution in [0.25, 0.3) is 0 Å². The van der Waals surface area contributed by atoms with E-state index in [1.165, 1.54) is 6.07 Å². The Morgan fingerprint density at radius 2 is 2.26 bits per heavy atom. The number of ketones is 1. The summed E-state index contributed by atoms with van der Waals surface area (Å²) in [5, 5.41) is 3.95. The normalized spacial score (nSPS) is 10.7. The lowest BCUT2D eigenvalue weighted by molar-refractivity contribution is 0.0994. The van der Waals surface area contributed by atoms with E-state index < -0.39 is 0 Å². The number of hydrogen-bond donors (Lipinski definition) is 0. The molecule has 0 N–H and O–H groups in total. The average molecular weight is 343 g/mol. The average Bonchev–Trinajstić information content (AvgIpc) is 2.81. The number of halogens is 2. The Bertz CT molecular complexity index is 600. The predicted octanol–water partition coefficient (Wildman–Crippen LogP) is 3.82. The van der Waals surface area contributed by atoms with Gasteiger partial charge in [-0.3, -0.25) is 4.79 Å². The summed E-state index contributed by atoms with van der Waals surface area (Å²) < 4.78 is 18.2. The number of carbonyl (C=O) groups is 1. The van der Waals surface area contributed by atoms with Crippen LogP contribution < -0.4 is 0 Å². The number of rotatable bonds is 5. The summed E-state index contributed by atoms with van der Waals surface area (Å²) in [5.74, 6) is -0.503. The van der Waals surface area contributed by atoms with E-state index in [9.17, 15) is 9.18 Å². The SMILES string of the molecule is CCCc1nnsc1C(=O)Cc1ccc(Br)cc1F. The molecule has 1 heterocycles. The number of benzene rings is 1. The maximum atomic E-state index is 13.7. The van der Waals surface area contributed by atoms with E-state index in [0.717, 1.165) is 30.1 Å². The Balaban J connectivity index is 2.18. The first-order valence-electron chi connectivity index (χ1n) is 5.90. The molecule has 1 aromatic carbocycles. The van der Waals surface area contributed by atoms with Gasteiger partial charge in [-0.2, -0.15) is 0 Å². The van der Waals surface area contributed by atoms with Crippen LogP contribution >= 0.6 is 27.5 Å². The van der Waals surface area contributed by atoms with Crippen LogP contribution in [0.4, 0.5) is 4.39 Å². The minimum Gasteiger partial charge on any atom is -0.293 e. The lowest BCUT2D eigenvalue weighted by atomic mass is 10.1. The molecule has 2 rings (SSSR count). The minimum atomic E-state index is -0.378. The Hall–Kier alpha value is -1.14. The van der Waals surface area contributed by atoms with E-state index in [1.54, 1.807) is 12.1 Å². The summed E-state index contributed by atoms with van der Waals surface area (Å²) in [6.07, 6.45) is 1.67. The standard InChI is InChI=1S/C13H12BrFN2OS/c1-2-3-11-13(19-17-16-11)12(18)6-8-4-5-9(14)7-10(8)15/h4-5,7H,2-3,6H2,1H3. The van der Waals surface area contributed by atoms with Gasteiger partial charge in [-0.25, -0.2) is 4.39 Å². The number of aromatic nitrogens is 2. The third-order valence-corrected chi connectivity index (χ3v) is 3.96. The Labute approximate surface area is 123 Å². The molecule has 19 heavy (non-hydrogen) atoms. The third kappa shape index (κ3) is 3.45. The molecular formula is C13H12BrFN2OS. The zero-order valence-corrected chi connectivity index (χ0v) is 12.7. The van der Waals surface area contributed by atoms with Crippen molar-refractivity contribution >= 4 is 33.2 Å². The van der Waals surface area contributed by atoms with Crippen LogP contribution in [0, 0.1) is 5.82 Å². The van der Waals surface area contributed by atoms with E-state index in [2.05, 4.69) is 25.5 Å². The van der Waals surface area contributed by atoms with Gasteiger partial charge in [0.2, 0.25) is 0 Å². The fourth-order valence-electron chi connectivity index (χ4n) is 1.74. The van der Waals surface area contributed by atoms with Gasteiger partial charge in [0.15, 0.2) is 5.78 Å². The first kappa shape index (κ1) is 14.3. The number of carbonyl (C=O) groups excluding carboxylic acids is 1. The first-order valence-corrected chi connectivity index (χ1v) is 7.46. The van der Waals surface area contributed by atoms with Gasteiger partial charge in [-0.1, -0.05) is 39.8 Å². The van der Waals surface area contributed by atoms with Crippen LogP contribution in [-0.2, 0) is 12.8 Å². The van der Waals surface area contributed by atoms with E-state index in [4.69, 9.17) is 0 Å². The van der Waals surface area contributed by atoms with Gasteiger partial charge in [0, 0.05) is 10.9 Å². The van der Waals surface area contributed by atoms with Crippen molar-refractivity contribution in [1.29, 1.82) is 0 Å². The second-order valence-corrected chi connectivity index (χ2v) is 5.80. The molecule has 0 aliphatic rings.